The third kappa shape index (κ3) is 5.18. The molecular formula is C27H23NO2S. The summed E-state index contributed by atoms with van der Waals surface area (Å²) in [7, 11) is -3.74. The van der Waals surface area contributed by atoms with Gasteiger partial charge in [0.2, 0.25) is 10.0 Å². The van der Waals surface area contributed by atoms with Gasteiger partial charge in [-0.1, -0.05) is 109 Å². The van der Waals surface area contributed by atoms with E-state index in [1.807, 2.05) is 97.1 Å². The van der Waals surface area contributed by atoms with Crippen LogP contribution < -0.4 is 4.72 Å². The molecule has 154 valence electrons. The van der Waals surface area contributed by atoms with Crippen LogP contribution in [0.5, 0.6) is 0 Å². The fourth-order valence-electron chi connectivity index (χ4n) is 3.47. The first-order valence-corrected chi connectivity index (χ1v) is 11.6. The Morgan fingerprint density at radius 3 is 1.71 bits per heavy atom. The van der Waals surface area contributed by atoms with Gasteiger partial charge in [-0.05, 0) is 40.5 Å². The van der Waals surface area contributed by atoms with Crippen molar-refractivity contribution in [3.8, 4) is 0 Å². The van der Waals surface area contributed by atoms with E-state index in [1.54, 1.807) is 30.3 Å². The zero-order valence-corrected chi connectivity index (χ0v) is 17.7. The third-order valence-electron chi connectivity index (χ3n) is 5.00. The molecule has 3 nitrogen and oxygen atoms in total. The van der Waals surface area contributed by atoms with Crippen LogP contribution in [0.1, 0.15) is 22.7 Å². The number of hydrogen-bond acceptors (Lipinski definition) is 2. The molecule has 1 unspecified atom stereocenters. The van der Waals surface area contributed by atoms with Gasteiger partial charge in [0.05, 0.1) is 10.9 Å². The molecule has 0 heterocycles. The molecule has 4 aromatic carbocycles. The topological polar surface area (TPSA) is 46.2 Å². The quantitative estimate of drug-likeness (QED) is 0.372. The second-order valence-corrected chi connectivity index (χ2v) is 8.87. The van der Waals surface area contributed by atoms with Crippen molar-refractivity contribution in [1.82, 2.24) is 4.72 Å². The minimum Gasteiger partial charge on any atom is -0.207 e. The molecule has 31 heavy (non-hydrogen) atoms. The van der Waals surface area contributed by atoms with Crippen LogP contribution in [0.15, 0.2) is 126 Å². The summed E-state index contributed by atoms with van der Waals surface area (Å²) in [6, 6.07) is 37.4. The van der Waals surface area contributed by atoms with Crippen LogP contribution in [-0.2, 0) is 10.0 Å². The number of benzene rings is 4. The third-order valence-corrected chi connectivity index (χ3v) is 6.44. The minimum atomic E-state index is -3.74. The fourth-order valence-corrected chi connectivity index (χ4v) is 4.70. The lowest BCUT2D eigenvalue weighted by molar-refractivity contribution is 0.576. The minimum absolute atomic E-state index is 0.239. The molecule has 0 aromatic heterocycles. The summed E-state index contributed by atoms with van der Waals surface area (Å²) in [6.07, 6.45) is 2.04. The highest BCUT2D eigenvalue weighted by Crippen LogP contribution is 2.33. The van der Waals surface area contributed by atoms with Crippen LogP contribution >= 0.6 is 0 Å². The van der Waals surface area contributed by atoms with E-state index >= 15 is 0 Å². The fraction of sp³-hybridized carbons (Fsp3) is 0.0370. The molecule has 0 aliphatic heterocycles. The van der Waals surface area contributed by atoms with Crippen LogP contribution in [0, 0.1) is 0 Å². The molecule has 0 aliphatic rings. The largest absolute Gasteiger partial charge is 0.241 e. The zero-order chi connectivity index (χ0) is 21.5. The van der Waals surface area contributed by atoms with Crippen molar-refractivity contribution in [2.45, 2.75) is 10.9 Å². The highest BCUT2D eigenvalue weighted by atomic mass is 32.2. The molecule has 1 N–H and O–H groups in total. The van der Waals surface area contributed by atoms with Gasteiger partial charge < -0.3 is 0 Å². The van der Waals surface area contributed by atoms with Crippen molar-refractivity contribution in [2.24, 2.45) is 0 Å². The van der Waals surface area contributed by atoms with E-state index in [4.69, 9.17) is 0 Å². The predicted octanol–water partition coefficient (Wildman–Crippen LogP) is 5.95. The van der Waals surface area contributed by atoms with Crippen molar-refractivity contribution in [2.75, 3.05) is 0 Å². The lowest BCUT2D eigenvalue weighted by Crippen LogP contribution is -2.29. The lowest BCUT2D eigenvalue weighted by atomic mass is 9.92. The molecule has 4 rings (SSSR count). The molecule has 0 amide bonds. The Labute approximate surface area is 183 Å². The van der Waals surface area contributed by atoms with Gasteiger partial charge in [0, 0.05) is 0 Å². The van der Waals surface area contributed by atoms with Gasteiger partial charge in [-0.3, -0.25) is 0 Å². The van der Waals surface area contributed by atoms with Gasteiger partial charge in [-0.2, -0.15) is 4.72 Å². The van der Waals surface area contributed by atoms with Crippen LogP contribution in [0.2, 0.25) is 0 Å². The van der Waals surface area contributed by atoms with Gasteiger partial charge in [-0.15, -0.1) is 0 Å². The summed E-state index contributed by atoms with van der Waals surface area (Å²) < 4.78 is 29.5. The molecule has 1 atom stereocenters. The van der Waals surface area contributed by atoms with Crippen LogP contribution in [-0.4, -0.2) is 8.42 Å². The Morgan fingerprint density at radius 2 is 1.13 bits per heavy atom. The first-order chi connectivity index (χ1) is 15.1. The van der Waals surface area contributed by atoms with Gasteiger partial charge in [0.25, 0.3) is 0 Å². The maximum absolute atomic E-state index is 13.3. The normalized spacial score (nSPS) is 13.0. The summed E-state index contributed by atoms with van der Waals surface area (Å²) in [5, 5.41) is 0. The Kier molecular flexibility index (Phi) is 6.41. The first kappa shape index (κ1) is 20.8. The highest BCUT2D eigenvalue weighted by Gasteiger charge is 2.25. The standard InChI is InChI=1S/C27H23NO2S/c29-31(30,25-19-11-4-12-20-25)28-27(24-17-9-3-10-18-24)26(23-15-7-2-8-16-23)21-22-13-5-1-6-14-22/h1-21,27-28H. The molecule has 0 aliphatic carbocycles. The summed E-state index contributed by atoms with van der Waals surface area (Å²) in [4.78, 5) is 0.239. The maximum atomic E-state index is 13.3. The Morgan fingerprint density at radius 1 is 0.645 bits per heavy atom. The number of rotatable bonds is 7. The van der Waals surface area contributed by atoms with E-state index in [0.717, 1.165) is 22.3 Å². The lowest BCUT2D eigenvalue weighted by Gasteiger charge is -2.23. The average Bonchev–Trinajstić information content (AvgIpc) is 2.84. The summed E-state index contributed by atoms with van der Waals surface area (Å²) >= 11 is 0. The molecule has 0 saturated heterocycles. The van der Waals surface area contributed by atoms with Crippen molar-refractivity contribution in [3.05, 3.63) is 138 Å². The average molecular weight is 426 g/mol. The highest BCUT2D eigenvalue weighted by molar-refractivity contribution is 7.89. The Balaban J connectivity index is 1.86. The van der Waals surface area contributed by atoms with Gasteiger partial charge >= 0.3 is 0 Å². The molecule has 0 spiro atoms. The molecule has 0 radical (unpaired) electrons. The van der Waals surface area contributed by atoms with Crippen molar-refractivity contribution in [1.29, 1.82) is 0 Å². The van der Waals surface area contributed by atoms with E-state index in [2.05, 4.69) is 4.72 Å². The molecular weight excluding hydrogens is 402 g/mol. The Hall–Kier alpha value is -3.47. The van der Waals surface area contributed by atoms with Gasteiger partial charge in [-0.25, -0.2) is 8.42 Å². The Bertz CT molecular complexity index is 1240. The molecule has 4 heteroatoms. The van der Waals surface area contributed by atoms with Crippen LogP contribution in [0.3, 0.4) is 0 Å². The summed E-state index contributed by atoms with van der Waals surface area (Å²) in [5.41, 5.74) is 3.70. The van der Waals surface area contributed by atoms with E-state index in [0.29, 0.717) is 0 Å². The van der Waals surface area contributed by atoms with Crippen LogP contribution in [0.4, 0.5) is 0 Å². The summed E-state index contributed by atoms with van der Waals surface area (Å²) in [5.74, 6) is 0. The summed E-state index contributed by atoms with van der Waals surface area (Å²) in [6.45, 7) is 0. The molecule has 0 fully saturated rings. The van der Waals surface area contributed by atoms with E-state index in [-0.39, 0.29) is 4.90 Å². The smallest absolute Gasteiger partial charge is 0.207 e. The molecule has 0 bridgehead atoms. The number of nitrogens with one attached hydrogen (secondary N) is 1. The molecule has 4 aromatic rings. The van der Waals surface area contributed by atoms with Crippen molar-refractivity contribution in [3.63, 3.8) is 0 Å². The predicted molar refractivity (Wildman–Crippen MR) is 127 cm³/mol. The van der Waals surface area contributed by atoms with Crippen molar-refractivity contribution >= 4 is 21.7 Å². The van der Waals surface area contributed by atoms with Crippen molar-refractivity contribution < 1.29 is 8.42 Å². The number of hydrogen-bond donors (Lipinski definition) is 1. The molecule has 0 saturated carbocycles. The van der Waals surface area contributed by atoms with E-state index < -0.39 is 16.1 Å². The van der Waals surface area contributed by atoms with Gasteiger partial charge in [0.15, 0.2) is 0 Å². The van der Waals surface area contributed by atoms with E-state index in [9.17, 15) is 8.42 Å². The SMILES string of the molecule is O=S(=O)(NC(C(=Cc1ccccc1)c1ccccc1)c1ccccc1)c1ccccc1. The van der Waals surface area contributed by atoms with Gasteiger partial charge in [0.1, 0.15) is 0 Å². The second kappa shape index (κ2) is 9.56. The zero-order valence-electron chi connectivity index (χ0n) is 16.9. The first-order valence-electron chi connectivity index (χ1n) is 10.1. The maximum Gasteiger partial charge on any atom is 0.241 e. The van der Waals surface area contributed by atoms with E-state index in [1.165, 1.54) is 0 Å². The number of sulfonamides is 1. The second-order valence-electron chi connectivity index (χ2n) is 7.15. The monoisotopic (exact) mass is 425 g/mol. The van der Waals surface area contributed by atoms with Crippen LogP contribution in [0.25, 0.3) is 11.6 Å².